The van der Waals surface area contributed by atoms with Gasteiger partial charge < -0.3 is 0 Å². The molecule has 3 heteroatoms. The number of pyridine rings is 1. The van der Waals surface area contributed by atoms with Gasteiger partial charge >= 0.3 is 0 Å². The van der Waals surface area contributed by atoms with Crippen LogP contribution >= 0.6 is 0 Å². The Labute approximate surface area is 257 Å². The third kappa shape index (κ3) is 7.65. The van der Waals surface area contributed by atoms with E-state index in [1.807, 2.05) is 0 Å². The molecule has 3 rings (SSSR count). The average molecular weight is 566 g/mol. The molecule has 3 nitrogen and oxygen atoms in total. The van der Waals surface area contributed by atoms with Gasteiger partial charge in [-0.25, -0.2) is 4.98 Å². The molecule has 2 aromatic carbocycles. The largest absolute Gasteiger partial charge is 0.251 e. The smallest absolute Gasteiger partial charge is 0.0849 e. The molecular weight excluding hydrogens is 510 g/mol. The van der Waals surface area contributed by atoms with E-state index >= 15 is 0 Å². The summed E-state index contributed by atoms with van der Waals surface area (Å²) in [6.45, 7) is 31.4. The van der Waals surface area contributed by atoms with Crippen LogP contribution in [0.4, 0.5) is 11.4 Å². The lowest BCUT2D eigenvalue weighted by Crippen LogP contribution is -2.07. The third-order valence-electron chi connectivity index (χ3n) is 8.25. The average Bonchev–Trinajstić information content (AvgIpc) is 2.92. The standard InChI is InChI=1S/C39H55N3/c1-22(2)30-18-32(24(5)6)38(33(19-30)25(7)8)40-28(13)36-16-15-17-37(42-36)29(14)41-39-34(26(9)10)20-31(23(3)4)21-35(39)27(11)12/h15-27H,1-14H3/b40-28+,41-29+. The molecule has 0 saturated heterocycles. The Morgan fingerprint density at radius 2 is 0.762 bits per heavy atom. The van der Waals surface area contributed by atoms with Gasteiger partial charge in [0.15, 0.2) is 0 Å². The highest BCUT2D eigenvalue weighted by molar-refractivity contribution is 6.02. The molecule has 226 valence electrons. The minimum atomic E-state index is 0.383. The third-order valence-corrected chi connectivity index (χ3v) is 8.25. The molecule has 0 atom stereocenters. The summed E-state index contributed by atoms with van der Waals surface area (Å²) in [4.78, 5) is 15.6. The molecule has 0 amide bonds. The van der Waals surface area contributed by atoms with Crippen LogP contribution in [0.15, 0.2) is 52.4 Å². The second kappa shape index (κ2) is 13.9. The van der Waals surface area contributed by atoms with Gasteiger partial charge in [-0.15, -0.1) is 0 Å². The van der Waals surface area contributed by atoms with Crippen LogP contribution in [0.3, 0.4) is 0 Å². The number of nitrogens with zero attached hydrogens (tertiary/aromatic N) is 3. The molecule has 1 heterocycles. The van der Waals surface area contributed by atoms with E-state index in [4.69, 9.17) is 15.0 Å². The normalized spacial score (nSPS) is 13.1. The summed E-state index contributed by atoms with van der Waals surface area (Å²) in [6.07, 6.45) is 0. The Morgan fingerprint density at radius 1 is 0.476 bits per heavy atom. The van der Waals surface area contributed by atoms with E-state index in [1.54, 1.807) is 0 Å². The summed E-state index contributed by atoms with van der Waals surface area (Å²) in [6, 6.07) is 15.7. The minimum Gasteiger partial charge on any atom is -0.251 e. The molecule has 3 aromatic rings. The van der Waals surface area contributed by atoms with Gasteiger partial charge in [0.25, 0.3) is 0 Å². The lowest BCUT2D eigenvalue weighted by molar-refractivity contribution is 0.805. The first-order valence-electron chi connectivity index (χ1n) is 16.1. The van der Waals surface area contributed by atoms with Gasteiger partial charge in [-0.05, 0) is 94.9 Å². The van der Waals surface area contributed by atoms with Crippen LogP contribution in [0.5, 0.6) is 0 Å². The second-order valence-corrected chi connectivity index (χ2v) is 13.8. The van der Waals surface area contributed by atoms with E-state index in [9.17, 15) is 0 Å². The first kappa shape index (κ1) is 33.4. The maximum atomic E-state index is 5.27. The van der Waals surface area contributed by atoms with E-state index in [0.717, 1.165) is 34.2 Å². The van der Waals surface area contributed by atoms with Gasteiger partial charge in [0.2, 0.25) is 0 Å². The van der Waals surface area contributed by atoms with Gasteiger partial charge in [-0.1, -0.05) is 113 Å². The zero-order valence-corrected chi connectivity index (χ0v) is 28.8. The van der Waals surface area contributed by atoms with Crippen molar-refractivity contribution >= 4 is 22.8 Å². The molecule has 0 aliphatic rings. The zero-order valence-electron chi connectivity index (χ0n) is 28.8. The van der Waals surface area contributed by atoms with Crippen LogP contribution in [0.2, 0.25) is 0 Å². The lowest BCUT2D eigenvalue weighted by Gasteiger charge is -2.21. The minimum absolute atomic E-state index is 0.383. The van der Waals surface area contributed by atoms with Gasteiger partial charge in [-0.2, -0.15) is 0 Å². The summed E-state index contributed by atoms with van der Waals surface area (Å²) in [7, 11) is 0. The molecule has 1 aromatic heterocycles. The van der Waals surface area contributed by atoms with Crippen LogP contribution in [0, 0.1) is 0 Å². The second-order valence-electron chi connectivity index (χ2n) is 13.8. The topological polar surface area (TPSA) is 37.6 Å². The Morgan fingerprint density at radius 3 is 1.00 bits per heavy atom. The first-order chi connectivity index (χ1) is 19.6. The predicted molar refractivity (Wildman–Crippen MR) is 185 cm³/mol. The van der Waals surface area contributed by atoms with E-state index in [1.165, 1.54) is 33.4 Å². The van der Waals surface area contributed by atoms with Gasteiger partial charge in [-0.3, -0.25) is 9.98 Å². The number of aromatic nitrogens is 1. The lowest BCUT2D eigenvalue weighted by atomic mass is 9.87. The number of aliphatic imine (C=N–C) groups is 2. The van der Waals surface area contributed by atoms with Crippen LogP contribution < -0.4 is 0 Å². The van der Waals surface area contributed by atoms with E-state index < -0.39 is 0 Å². The first-order valence-corrected chi connectivity index (χ1v) is 16.1. The predicted octanol–water partition coefficient (Wildman–Crippen LogP) is 12.1. The van der Waals surface area contributed by atoms with Crippen molar-refractivity contribution in [1.82, 2.24) is 4.98 Å². The molecule has 0 aliphatic heterocycles. The molecule has 0 N–H and O–H groups in total. The van der Waals surface area contributed by atoms with E-state index in [2.05, 4.69) is 139 Å². The number of hydrogen-bond donors (Lipinski definition) is 0. The Bertz CT molecular complexity index is 1280. The van der Waals surface area contributed by atoms with Crippen molar-refractivity contribution in [2.45, 2.75) is 132 Å². The molecule has 0 spiro atoms. The summed E-state index contributed by atoms with van der Waals surface area (Å²) in [5.74, 6) is 2.49. The maximum Gasteiger partial charge on any atom is 0.0849 e. The van der Waals surface area contributed by atoms with Crippen molar-refractivity contribution in [2.24, 2.45) is 9.98 Å². The molecule has 0 bridgehead atoms. The van der Waals surface area contributed by atoms with Crippen LogP contribution in [-0.4, -0.2) is 16.4 Å². The van der Waals surface area contributed by atoms with Crippen LogP contribution in [-0.2, 0) is 0 Å². The molecular formula is C39H55N3. The highest BCUT2D eigenvalue weighted by atomic mass is 14.8. The fourth-order valence-electron chi connectivity index (χ4n) is 5.38. The Hall–Kier alpha value is -3.07. The molecule has 0 saturated carbocycles. The zero-order chi connectivity index (χ0) is 31.5. The Balaban J connectivity index is 2.15. The summed E-state index contributed by atoms with van der Waals surface area (Å²) in [5.41, 5.74) is 13.9. The molecule has 0 radical (unpaired) electrons. The van der Waals surface area contributed by atoms with Crippen LogP contribution in [0.25, 0.3) is 0 Å². The molecule has 0 aliphatic carbocycles. The maximum absolute atomic E-state index is 5.27. The molecule has 0 unspecified atom stereocenters. The van der Waals surface area contributed by atoms with Crippen molar-refractivity contribution in [3.8, 4) is 0 Å². The quantitative estimate of drug-likeness (QED) is 0.225. The number of rotatable bonds is 10. The molecule has 0 fully saturated rings. The van der Waals surface area contributed by atoms with Gasteiger partial charge in [0.05, 0.1) is 34.2 Å². The summed E-state index contributed by atoms with van der Waals surface area (Å²) >= 11 is 0. The molecule has 42 heavy (non-hydrogen) atoms. The van der Waals surface area contributed by atoms with Gasteiger partial charge in [0.1, 0.15) is 0 Å². The number of benzene rings is 2. The van der Waals surface area contributed by atoms with Crippen molar-refractivity contribution in [1.29, 1.82) is 0 Å². The van der Waals surface area contributed by atoms with Crippen molar-refractivity contribution < 1.29 is 0 Å². The fraction of sp³-hybridized carbons (Fsp3) is 0.513. The highest BCUT2D eigenvalue weighted by Crippen LogP contribution is 2.39. The fourth-order valence-corrected chi connectivity index (χ4v) is 5.38. The number of hydrogen-bond acceptors (Lipinski definition) is 3. The monoisotopic (exact) mass is 565 g/mol. The summed E-state index contributed by atoms with van der Waals surface area (Å²) < 4.78 is 0. The van der Waals surface area contributed by atoms with Crippen molar-refractivity contribution in [3.05, 3.63) is 87.2 Å². The van der Waals surface area contributed by atoms with E-state index in [0.29, 0.717) is 35.5 Å². The van der Waals surface area contributed by atoms with E-state index in [-0.39, 0.29) is 0 Å². The van der Waals surface area contributed by atoms with Crippen LogP contribution in [0.1, 0.15) is 177 Å². The summed E-state index contributed by atoms with van der Waals surface area (Å²) in [5, 5.41) is 0. The SMILES string of the molecule is C/C(=N\c1c(C(C)C)cc(C(C)C)cc1C(C)C)c1cccc(/C(C)=N/c2c(C(C)C)cc(C(C)C)cc2C(C)C)n1. The highest BCUT2D eigenvalue weighted by Gasteiger charge is 2.19. The van der Waals surface area contributed by atoms with Crippen molar-refractivity contribution in [3.63, 3.8) is 0 Å². The van der Waals surface area contributed by atoms with Gasteiger partial charge in [0, 0.05) is 0 Å². The Kier molecular flexibility index (Phi) is 11.1. The van der Waals surface area contributed by atoms with Crippen molar-refractivity contribution in [2.75, 3.05) is 0 Å².